The van der Waals surface area contributed by atoms with Gasteiger partial charge in [0.25, 0.3) is 5.91 Å². The van der Waals surface area contributed by atoms with Gasteiger partial charge in [-0.25, -0.2) is 0 Å². The minimum absolute atomic E-state index is 0.0995. The van der Waals surface area contributed by atoms with Crippen LogP contribution in [-0.4, -0.2) is 52.3 Å². The van der Waals surface area contributed by atoms with E-state index in [-0.39, 0.29) is 18.9 Å². The number of nitrogens with zero attached hydrogens (tertiary/aromatic N) is 2. The van der Waals surface area contributed by atoms with E-state index in [4.69, 9.17) is 21.4 Å². The number of halogens is 1. The van der Waals surface area contributed by atoms with Crippen LogP contribution in [0.15, 0.2) is 12.3 Å². The van der Waals surface area contributed by atoms with Crippen LogP contribution < -0.4 is 0 Å². The van der Waals surface area contributed by atoms with Crippen LogP contribution in [0, 0.1) is 0 Å². The van der Waals surface area contributed by atoms with E-state index >= 15 is 0 Å². The van der Waals surface area contributed by atoms with Crippen molar-refractivity contribution in [3.63, 3.8) is 0 Å². The Morgan fingerprint density at radius 1 is 1.58 bits per heavy atom. The van der Waals surface area contributed by atoms with Crippen LogP contribution >= 0.6 is 11.6 Å². The van der Waals surface area contributed by atoms with Crippen molar-refractivity contribution in [1.82, 2.24) is 9.47 Å². The Hall–Kier alpha value is -1.53. The summed E-state index contributed by atoms with van der Waals surface area (Å²) in [4.78, 5) is 24.6. The van der Waals surface area contributed by atoms with Crippen molar-refractivity contribution in [1.29, 1.82) is 0 Å². The van der Waals surface area contributed by atoms with Crippen LogP contribution in [0.1, 0.15) is 16.9 Å². The molecule has 0 aromatic carbocycles. The number of morpholine rings is 1. The van der Waals surface area contributed by atoms with E-state index in [0.29, 0.717) is 23.9 Å². The number of amides is 1. The predicted octanol–water partition coefficient (Wildman–Crippen LogP) is 0.994. The molecule has 1 aromatic heterocycles. The molecule has 2 rings (SSSR count). The summed E-state index contributed by atoms with van der Waals surface area (Å²) in [5.41, 5.74) is 0.487. The maximum absolute atomic E-state index is 12.3. The lowest BCUT2D eigenvalue weighted by Crippen LogP contribution is -2.46. The third-order valence-corrected chi connectivity index (χ3v) is 3.23. The lowest BCUT2D eigenvalue weighted by molar-refractivity contribution is -0.141. The molecular weight excluding hydrogens is 272 g/mol. The molecule has 1 aliphatic rings. The molecule has 1 saturated heterocycles. The summed E-state index contributed by atoms with van der Waals surface area (Å²) in [6, 6.07) is 1.60. The Bertz CT molecular complexity index is 500. The number of hydrogen-bond donors (Lipinski definition) is 1. The van der Waals surface area contributed by atoms with Crippen molar-refractivity contribution >= 4 is 23.5 Å². The summed E-state index contributed by atoms with van der Waals surface area (Å²) < 4.78 is 6.99. The average molecular weight is 287 g/mol. The topological polar surface area (TPSA) is 71.8 Å². The highest BCUT2D eigenvalue weighted by Gasteiger charge is 2.27. The van der Waals surface area contributed by atoms with E-state index in [1.807, 2.05) is 0 Å². The number of carbonyl (C=O) groups excluding carboxylic acids is 1. The first-order chi connectivity index (χ1) is 8.97. The number of ether oxygens (including phenoxy) is 1. The van der Waals surface area contributed by atoms with Gasteiger partial charge < -0.3 is 19.3 Å². The van der Waals surface area contributed by atoms with Crippen molar-refractivity contribution < 1.29 is 19.4 Å². The molecule has 1 N–H and O–H groups in total. The molecule has 0 saturated carbocycles. The van der Waals surface area contributed by atoms with Crippen molar-refractivity contribution in [2.45, 2.75) is 12.5 Å². The lowest BCUT2D eigenvalue weighted by Gasteiger charge is -2.32. The fraction of sp³-hybridized carbons (Fsp3) is 0.500. The highest BCUT2D eigenvalue weighted by molar-refractivity contribution is 6.31. The molecule has 2 heterocycles. The van der Waals surface area contributed by atoms with Crippen molar-refractivity contribution in [2.75, 3.05) is 19.7 Å². The van der Waals surface area contributed by atoms with Gasteiger partial charge in [0.2, 0.25) is 0 Å². The average Bonchev–Trinajstić information content (AvgIpc) is 2.67. The Labute approximate surface area is 115 Å². The predicted molar refractivity (Wildman–Crippen MR) is 68.3 cm³/mol. The standard InChI is InChI=1S/C12H15ClN2O4/c1-14-6-8(13)4-10(14)12(18)15-2-3-19-9(7-15)5-11(16)17/h4,6,9H,2-3,5,7H2,1H3,(H,16,17)/t9-/m0/s1. The number of rotatable bonds is 3. The van der Waals surface area contributed by atoms with E-state index in [1.165, 1.54) is 0 Å². The Balaban J connectivity index is 2.07. The molecule has 1 atom stereocenters. The Kier molecular flexibility index (Phi) is 4.11. The molecular formula is C12H15ClN2O4. The van der Waals surface area contributed by atoms with Gasteiger partial charge in [0, 0.05) is 26.3 Å². The van der Waals surface area contributed by atoms with Crippen LogP contribution in [0.5, 0.6) is 0 Å². The van der Waals surface area contributed by atoms with Crippen LogP contribution in [0.25, 0.3) is 0 Å². The molecule has 1 amide bonds. The number of carbonyl (C=O) groups is 2. The maximum Gasteiger partial charge on any atom is 0.306 e. The van der Waals surface area contributed by atoms with Gasteiger partial charge in [-0.1, -0.05) is 11.6 Å². The van der Waals surface area contributed by atoms with Gasteiger partial charge in [-0.05, 0) is 6.07 Å². The van der Waals surface area contributed by atoms with Gasteiger partial charge in [-0.2, -0.15) is 0 Å². The first-order valence-electron chi connectivity index (χ1n) is 5.92. The minimum atomic E-state index is -0.929. The zero-order valence-corrected chi connectivity index (χ0v) is 11.3. The largest absolute Gasteiger partial charge is 0.481 e. The zero-order chi connectivity index (χ0) is 14.0. The molecule has 0 bridgehead atoms. The highest BCUT2D eigenvalue weighted by atomic mass is 35.5. The molecule has 1 fully saturated rings. The second kappa shape index (κ2) is 5.63. The van der Waals surface area contributed by atoms with Gasteiger partial charge in [-0.3, -0.25) is 9.59 Å². The number of aliphatic carboxylic acids is 1. The van der Waals surface area contributed by atoms with Crippen molar-refractivity contribution in [3.8, 4) is 0 Å². The fourth-order valence-corrected chi connectivity index (χ4v) is 2.37. The third kappa shape index (κ3) is 3.27. The SMILES string of the molecule is Cn1cc(Cl)cc1C(=O)N1CCO[C@@H](CC(=O)O)C1. The maximum atomic E-state index is 12.3. The quantitative estimate of drug-likeness (QED) is 0.899. The van der Waals surface area contributed by atoms with E-state index < -0.39 is 12.1 Å². The van der Waals surface area contributed by atoms with Gasteiger partial charge >= 0.3 is 5.97 Å². The summed E-state index contributed by atoms with van der Waals surface area (Å²) in [7, 11) is 1.74. The molecule has 104 valence electrons. The van der Waals surface area contributed by atoms with E-state index in [0.717, 1.165) is 0 Å². The molecule has 6 nitrogen and oxygen atoms in total. The summed E-state index contributed by atoms with van der Waals surface area (Å²) in [5.74, 6) is -1.09. The van der Waals surface area contributed by atoms with Crippen LogP contribution in [-0.2, 0) is 16.6 Å². The molecule has 7 heteroatoms. The summed E-state index contributed by atoms with van der Waals surface area (Å²) in [5, 5.41) is 9.25. The van der Waals surface area contributed by atoms with Gasteiger partial charge in [0.1, 0.15) is 5.69 Å². The number of hydrogen-bond acceptors (Lipinski definition) is 3. The first kappa shape index (κ1) is 13.9. The molecule has 0 aliphatic carbocycles. The van der Waals surface area contributed by atoms with Crippen molar-refractivity contribution in [2.24, 2.45) is 7.05 Å². The van der Waals surface area contributed by atoms with Crippen LogP contribution in [0.3, 0.4) is 0 Å². The smallest absolute Gasteiger partial charge is 0.306 e. The van der Waals surface area contributed by atoms with Crippen LogP contribution in [0.4, 0.5) is 0 Å². The molecule has 0 radical (unpaired) electrons. The van der Waals surface area contributed by atoms with E-state index in [9.17, 15) is 9.59 Å². The van der Waals surface area contributed by atoms with Gasteiger partial charge in [-0.15, -0.1) is 0 Å². The molecule has 1 aromatic rings. The number of aryl methyl sites for hydroxylation is 1. The number of carboxylic acids is 1. The second-order valence-electron chi connectivity index (χ2n) is 4.50. The third-order valence-electron chi connectivity index (χ3n) is 3.02. The van der Waals surface area contributed by atoms with Gasteiger partial charge in [0.15, 0.2) is 0 Å². The van der Waals surface area contributed by atoms with E-state index in [2.05, 4.69) is 0 Å². The minimum Gasteiger partial charge on any atom is -0.481 e. The summed E-state index contributed by atoms with van der Waals surface area (Å²) in [6.45, 7) is 1.09. The number of carboxylic acid groups (broad SMARTS) is 1. The van der Waals surface area contributed by atoms with Gasteiger partial charge in [0.05, 0.1) is 24.2 Å². The van der Waals surface area contributed by atoms with E-state index in [1.54, 1.807) is 28.8 Å². The van der Waals surface area contributed by atoms with Crippen LogP contribution in [0.2, 0.25) is 5.02 Å². The molecule has 19 heavy (non-hydrogen) atoms. The second-order valence-corrected chi connectivity index (χ2v) is 4.93. The summed E-state index contributed by atoms with van der Waals surface area (Å²) in [6.07, 6.45) is 1.10. The Morgan fingerprint density at radius 3 is 2.89 bits per heavy atom. The molecule has 0 unspecified atom stereocenters. The Morgan fingerprint density at radius 2 is 2.32 bits per heavy atom. The summed E-state index contributed by atoms with van der Waals surface area (Å²) >= 11 is 5.85. The zero-order valence-electron chi connectivity index (χ0n) is 10.5. The highest BCUT2D eigenvalue weighted by Crippen LogP contribution is 2.17. The normalized spacial score (nSPS) is 19.5. The molecule has 0 spiro atoms. The number of aromatic nitrogens is 1. The fourth-order valence-electron chi connectivity index (χ4n) is 2.12. The first-order valence-corrected chi connectivity index (χ1v) is 6.29. The molecule has 1 aliphatic heterocycles. The monoisotopic (exact) mass is 286 g/mol. The lowest BCUT2D eigenvalue weighted by atomic mass is 10.2. The van der Waals surface area contributed by atoms with Crippen molar-refractivity contribution in [3.05, 3.63) is 23.0 Å².